The molecule has 0 aromatic heterocycles. The molecule has 0 spiro atoms. The second-order valence-corrected chi connectivity index (χ2v) is 12.7. The Hall–Kier alpha value is -1.98. The van der Waals surface area contributed by atoms with E-state index in [0.717, 1.165) is 5.57 Å². The first-order valence-corrected chi connectivity index (χ1v) is 12.2. The molecule has 2 aromatic carbocycles. The van der Waals surface area contributed by atoms with Crippen LogP contribution in [0.2, 0.25) is 5.04 Å². The van der Waals surface area contributed by atoms with Crippen LogP contribution in [-0.4, -0.2) is 38.7 Å². The van der Waals surface area contributed by atoms with Gasteiger partial charge in [0.2, 0.25) is 0 Å². The lowest BCUT2D eigenvalue weighted by molar-refractivity contribution is -0.228. The number of aliphatic hydroxyl groups is 2. The number of ether oxygens (including phenoxy) is 2. The van der Waals surface area contributed by atoms with Crippen LogP contribution >= 0.6 is 0 Å². The van der Waals surface area contributed by atoms with E-state index in [2.05, 4.69) is 94.1 Å². The van der Waals surface area contributed by atoms with Crippen LogP contribution in [0.3, 0.4) is 0 Å². The molecule has 0 unspecified atom stereocenters. The third-order valence-corrected chi connectivity index (χ3v) is 10.4. The molecule has 2 atom stereocenters. The molecular formula is C25H33O3Si+. The SMILES string of the molecule is C=CC1=C[C@@H](CO[Si](c2ccccc2)(c2ccccc2)C(C)(C)C)[OH+][C@@H]1OCC. The van der Waals surface area contributed by atoms with Crippen molar-refractivity contribution in [2.45, 2.75) is 45.1 Å². The van der Waals surface area contributed by atoms with Crippen LogP contribution in [0.25, 0.3) is 0 Å². The Labute approximate surface area is 176 Å². The maximum atomic E-state index is 6.98. The summed E-state index contributed by atoms with van der Waals surface area (Å²) < 4.78 is 17.5. The normalized spacial score (nSPS) is 19.8. The van der Waals surface area contributed by atoms with Crippen molar-refractivity contribution in [3.63, 3.8) is 0 Å². The van der Waals surface area contributed by atoms with Crippen molar-refractivity contribution in [1.82, 2.24) is 0 Å². The molecule has 0 saturated carbocycles. The van der Waals surface area contributed by atoms with E-state index in [1.807, 2.05) is 13.0 Å². The van der Waals surface area contributed by atoms with Crippen molar-refractivity contribution in [3.05, 3.63) is 85.0 Å². The summed E-state index contributed by atoms with van der Waals surface area (Å²) in [5.74, 6) is 0. The van der Waals surface area contributed by atoms with Crippen LogP contribution in [0.15, 0.2) is 85.0 Å². The van der Waals surface area contributed by atoms with Crippen molar-refractivity contribution in [1.29, 1.82) is 0 Å². The van der Waals surface area contributed by atoms with E-state index in [-0.39, 0.29) is 17.4 Å². The average Bonchev–Trinajstić information content (AvgIpc) is 3.11. The molecule has 3 rings (SSSR count). The zero-order chi connectivity index (χ0) is 20.9. The van der Waals surface area contributed by atoms with Gasteiger partial charge in [0.1, 0.15) is 6.61 Å². The Morgan fingerprint density at radius 2 is 1.55 bits per heavy atom. The Morgan fingerprint density at radius 1 is 1.00 bits per heavy atom. The highest BCUT2D eigenvalue weighted by Gasteiger charge is 2.51. The van der Waals surface area contributed by atoms with Crippen LogP contribution in [0.5, 0.6) is 0 Å². The Morgan fingerprint density at radius 3 is 2.00 bits per heavy atom. The summed E-state index contributed by atoms with van der Waals surface area (Å²) >= 11 is 0. The molecule has 154 valence electrons. The lowest BCUT2D eigenvalue weighted by Gasteiger charge is -2.43. The van der Waals surface area contributed by atoms with E-state index in [1.54, 1.807) is 0 Å². The number of benzene rings is 2. The highest BCUT2D eigenvalue weighted by Crippen LogP contribution is 2.37. The molecule has 1 aliphatic heterocycles. The molecule has 0 aliphatic carbocycles. The van der Waals surface area contributed by atoms with Gasteiger partial charge in [-0.05, 0) is 22.3 Å². The number of rotatable bonds is 8. The van der Waals surface area contributed by atoms with E-state index in [9.17, 15) is 0 Å². The Balaban J connectivity index is 1.97. The van der Waals surface area contributed by atoms with Crippen LogP contribution < -0.4 is 10.4 Å². The molecule has 2 aromatic rings. The predicted molar refractivity (Wildman–Crippen MR) is 123 cm³/mol. The summed E-state index contributed by atoms with van der Waals surface area (Å²) in [6.07, 6.45) is 3.71. The van der Waals surface area contributed by atoms with E-state index in [0.29, 0.717) is 13.2 Å². The van der Waals surface area contributed by atoms with Gasteiger partial charge in [-0.3, -0.25) is 0 Å². The van der Waals surface area contributed by atoms with Crippen molar-refractivity contribution in [2.75, 3.05) is 13.2 Å². The lowest BCUT2D eigenvalue weighted by Crippen LogP contribution is -2.67. The van der Waals surface area contributed by atoms with Crippen LogP contribution in [0.1, 0.15) is 27.7 Å². The highest BCUT2D eigenvalue weighted by atomic mass is 28.4. The molecule has 4 heteroatoms. The van der Waals surface area contributed by atoms with Crippen LogP contribution in [0, 0.1) is 0 Å². The first-order chi connectivity index (χ1) is 13.9. The average molecular weight is 410 g/mol. The van der Waals surface area contributed by atoms with Crippen molar-refractivity contribution in [2.24, 2.45) is 0 Å². The standard InChI is InChI=1S/C25H32O3Si/c1-6-20-18-21(28-24(20)26-7-2)19-27-29(25(3,4)5,22-14-10-8-11-15-22)23-16-12-9-13-17-23/h6,8-18,21,24H,1,7,19H2,2-5H3/p+1/t21-,24-/m0/s1. The van der Waals surface area contributed by atoms with Crippen molar-refractivity contribution >= 4 is 18.7 Å². The summed E-state index contributed by atoms with van der Waals surface area (Å²) in [6, 6.07) is 21.4. The second kappa shape index (κ2) is 9.22. The van der Waals surface area contributed by atoms with E-state index < -0.39 is 8.32 Å². The Bertz CT molecular complexity index is 785. The first-order valence-electron chi connectivity index (χ1n) is 10.3. The molecule has 1 aliphatic rings. The zero-order valence-corrected chi connectivity index (χ0v) is 19.0. The smallest absolute Gasteiger partial charge is 0.292 e. The molecule has 1 heterocycles. The quantitative estimate of drug-likeness (QED) is 0.488. The molecule has 3 nitrogen and oxygen atoms in total. The summed E-state index contributed by atoms with van der Waals surface area (Å²) in [5, 5.41) is 2.52. The summed E-state index contributed by atoms with van der Waals surface area (Å²) in [5.41, 5.74) is 1.03. The fraction of sp³-hybridized carbons (Fsp3) is 0.360. The van der Waals surface area contributed by atoms with Gasteiger partial charge in [0.15, 0.2) is 6.10 Å². The summed E-state index contributed by atoms with van der Waals surface area (Å²) in [7, 11) is -2.55. The molecule has 1 N–H and O–H groups in total. The van der Waals surface area contributed by atoms with Gasteiger partial charge in [-0.25, -0.2) is 0 Å². The molecule has 29 heavy (non-hydrogen) atoms. The summed E-state index contributed by atoms with van der Waals surface area (Å²) in [4.78, 5) is 0. The van der Waals surface area contributed by atoms with E-state index in [1.165, 1.54) is 10.4 Å². The molecule has 0 bridgehead atoms. The van der Waals surface area contributed by atoms with Gasteiger partial charge in [0.05, 0.1) is 12.2 Å². The van der Waals surface area contributed by atoms with Crippen molar-refractivity contribution < 1.29 is 13.9 Å². The van der Waals surface area contributed by atoms with Gasteiger partial charge < -0.3 is 13.9 Å². The molecular weight excluding hydrogens is 376 g/mol. The number of hydrogen-bond donors (Lipinski definition) is 0. The van der Waals surface area contributed by atoms with Gasteiger partial charge in [-0.15, -0.1) is 0 Å². The molecule has 0 fully saturated rings. The van der Waals surface area contributed by atoms with Gasteiger partial charge in [-0.1, -0.05) is 94.1 Å². The zero-order valence-electron chi connectivity index (χ0n) is 18.0. The predicted octanol–water partition coefficient (Wildman–Crippen LogP) is 3.95. The minimum absolute atomic E-state index is 0.0267. The largest absolute Gasteiger partial charge is 0.399 e. The third-order valence-electron chi connectivity index (χ3n) is 5.44. The van der Waals surface area contributed by atoms with E-state index >= 15 is 0 Å². The monoisotopic (exact) mass is 409 g/mol. The maximum absolute atomic E-state index is 6.98. The second-order valence-electron chi connectivity index (χ2n) is 8.37. The van der Waals surface area contributed by atoms with E-state index in [4.69, 9.17) is 13.9 Å². The minimum atomic E-state index is -2.55. The molecule has 0 radical (unpaired) electrons. The first kappa shape index (κ1) is 21.7. The fourth-order valence-electron chi connectivity index (χ4n) is 4.14. The number of hydrogen-bond acceptors (Lipinski definition) is 2. The molecule has 0 saturated heterocycles. The topological polar surface area (TPSA) is 31.3 Å². The fourth-order valence-corrected chi connectivity index (χ4v) is 8.71. The van der Waals surface area contributed by atoms with Gasteiger partial charge in [0, 0.05) is 6.08 Å². The third kappa shape index (κ3) is 4.46. The molecule has 0 amide bonds. The Kier molecular flexibility index (Phi) is 6.91. The highest BCUT2D eigenvalue weighted by molar-refractivity contribution is 6.99. The van der Waals surface area contributed by atoms with Gasteiger partial charge >= 0.3 is 0 Å². The lowest BCUT2D eigenvalue weighted by atomic mass is 10.2. The van der Waals surface area contributed by atoms with Crippen molar-refractivity contribution in [3.8, 4) is 0 Å². The van der Waals surface area contributed by atoms with Gasteiger partial charge in [0.25, 0.3) is 14.6 Å². The summed E-state index contributed by atoms with van der Waals surface area (Å²) in [6.45, 7) is 13.9. The van der Waals surface area contributed by atoms with Crippen LogP contribution in [-0.2, 0) is 9.16 Å². The van der Waals surface area contributed by atoms with Crippen LogP contribution in [0.4, 0.5) is 0 Å². The van der Waals surface area contributed by atoms with Gasteiger partial charge in [-0.2, -0.15) is 0 Å². The minimum Gasteiger partial charge on any atom is -0.399 e. The maximum Gasteiger partial charge on any atom is 0.292 e.